The van der Waals surface area contributed by atoms with Crippen molar-refractivity contribution in [2.75, 3.05) is 25.6 Å². The first-order valence-corrected chi connectivity index (χ1v) is 15.3. The number of halogens is 1. The number of hydrogen-bond acceptors (Lipinski definition) is 15. The molecule has 6 rings (SSSR count). The second-order valence-corrected chi connectivity index (χ2v) is 12.3. The Hall–Kier alpha value is -2.25. The number of nitrogens with one attached hydrogen (secondary N) is 2. The number of anilines is 1. The zero-order valence-electron chi connectivity index (χ0n) is 21.8. The van der Waals surface area contributed by atoms with Crippen molar-refractivity contribution in [2.24, 2.45) is 5.92 Å². The lowest BCUT2D eigenvalue weighted by molar-refractivity contribution is -0.0332. The number of nitrogens with two attached hydrogens (primary N) is 1. The molecular weight excluding hydrogens is 651 g/mol. The van der Waals surface area contributed by atoms with Crippen LogP contribution in [0, 0.1) is 5.92 Å². The third kappa shape index (κ3) is 5.81. The highest BCUT2D eigenvalue weighted by Gasteiger charge is 2.48. The summed E-state index contributed by atoms with van der Waals surface area (Å²) in [7, 11) is 1.63. The third-order valence-corrected chi connectivity index (χ3v) is 9.72. The minimum absolute atomic E-state index is 0.0521. The highest BCUT2D eigenvalue weighted by atomic mass is 32.2. The van der Waals surface area contributed by atoms with E-state index in [1.54, 1.807) is 4.57 Å². The lowest BCUT2D eigenvalue weighted by Gasteiger charge is -2.20. The maximum absolute atomic E-state index is 15.7. The van der Waals surface area contributed by atoms with Crippen molar-refractivity contribution >= 4 is 71.4 Å². The fourth-order valence-electron chi connectivity index (χ4n) is 5.11. The molecule has 4 aromatic heterocycles. The Balaban J connectivity index is 1.06. The molecule has 2 aliphatic heterocycles. The van der Waals surface area contributed by atoms with Crippen molar-refractivity contribution in [3.05, 3.63) is 39.7 Å². The number of nitrogens with zero attached hydrogens (tertiary/aromatic N) is 6. The summed E-state index contributed by atoms with van der Waals surface area (Å²) < 4.78 is 46.4. The molecule has 0 aromatic carbocycles. The molecule has 2 saturated heterocycles. The van der Waals surface area contributed by atoms with Gasteiger partial charge in [-0.15, -0.1) is 11.8 Å². The van der Waals surface area contributed by atoms with E-state index in [9.17, 15) is 14.7 Å². The Morgan fingerprint density at radius 1 is 1.14 bits per heavy atom. The predicted molar refractivity (Wildman–Crippen MR) is 159 cm³/mol. The van der Waals surface area contributed by atoms with Gasteiger partial charge >= 0.3 is 0 Å². The number of aromatic nitrogens is 8. The monoisotopic (exact) mass is 677 g/mol. The molecule has 10 atom stereocenters. The summed E-state index contributed by atoms with van der Waals surface area (Å²) in [6, 6.07) is 0. The van der Waals surface area contributed by atoms with Gasteiger partial charge in [-0.25, -0.2) is 19.3 Å². The van der Waals surface area contributed by atoms with Gasteiger partial charge in [0.1, 0.15) is 11.5 Å². The van der Waals surface area contributed by atoms with Crippen LogP contribution in [0.4, 0.5) is 10.3 Å². The summed E-state index contributed by atoms with van der Waals surface area (Å²) >= 11 is 5.25. The van der Waals surface area contributed by atoms with Gasteiger partial charge in [-0.1, -0.05) is 0 Å². The molecule has 232 valence electrons. The van der Waals surface area contributed by atoms with E-state index in [1.165, 1.54) is 35.3 Å². The maximum Gasteiger partial charge on any atom is 0.280 e. The standard InChI is InChI=1S/C21H26FN9O8P2S2/c22-10-7(8(2-35-40)38-19(10)30-5-26-11-15(30)24-4-25-17(11)33)1-36-41-37-3-9-13(32)14(39-42)20(43-9)31-6-27-12-16(31)28-21(23)29-18(12)34/h4-10,13-14,19-20,32,41-42H,1-3,40H2,(H,24,25,33)(H3,23,28,29,34)/t7-,8-,9-,10+,13-,14-,19-,20-/m1/s1. The number of rotatable bonds is 11. The third-order valence-electron chi connectivity index (χ3n) is 7.17. The minimum Gasteiger partial charge on any atom is -0.389 e. The van der Waals surface area contributed by atoms with Crippen LogP contribution in [0.5, 0.6) is 0 Å². The zero-order valence-corrected chi connectivity index (χ0v) is 25.7. The Kier molecular flexibility index (Phi) is 9.30. The highest BCUT2D eigenvalue weighted by molar-refractivity contribution is 8.00. The van der Waals surface area contributed by atoms with E-state index >= 15 is 4.39 Å². The first kappa shape index (κ1) is 30.8. The maximum atomic E-state index is 15.7. The van der Waals surface area contributed by atoms with E-state index in [4.69, 9.17) is 28.2 Å². The van der Waals surface area contributed by atoms with Crippen molar-refractivity contribution in [1.82, 2.24) is 39.0 Å². The van der Waals surface area contributed by atoms with Crippen LogP contribution in [-0.2, 0) is 22.5 Å². The van der Waals surface area contributed by atoms with Crippen LogP contribution in [0.25, 0.3) is 22.3 Å². The van der Waals surface area contributed by atoms with Crippen molar-refractivity contribution in [1.29, 1.82) is 0 Å². The molecule has 5 N–H and O–H groups in total. The lowest BCUT2D eigenvalue weighted by Crippen LogP contribution is -2.33. The van der Waals surface area contributed by atoms with Gasteiger partial charge in [0.2, 0.25) is 5.95 Å². The number of aliphatic hydroxyl groups excluding tert-OH is 1. The smallest absolute Gasteiger partial charge is 0.280 e. The van der Waals surface area contributed by atoms with E-state index in [0.717, 1.165) is 0 Å². The highest BCUT2D eigenvalue weighted by Crippen LogP contribution is 2.45. The van der Waals surface area contributed by atoms with Gasteiger partial charge in [0.05, 0.1) is 56.3 Å². The van der Waals surface area contributed by atoms with Gasteiger partial charge in [-0.2, -0.15) is 4.98 Å². The molecule has 0 bridgehead atoms. The van der Waals surface area contributed by atoms with E-state index in [0.29, 0.717) is 0 Å². The second kappa shape index (κ2) is 13.0. The van der Waals surface area contributed by atoms with Gasteiger partial charge in [0.25, 0.3) is 11.1 Å². The summed E-state index contributed by atoms with van der Waals surface area (Å²) in [6.45, 7) is 0.0931. The molecule has 2 fully saturated rings. The molecule has 43 heavy (non-hydrogen) atoms. The summed E-state index contributed by atoms with van der Waals surface area (Å²) in [5.74, 6) is -0.799. The number of fused-ring (bicyclic) bond motifs is 2. The number of H-pyrrole nitrogens is 2. The summed E-state index contributed by atoms with van der Waals surface area (Å²) in [5.41, 5.74) is 5.37. The first-order valence-electron chi connectivity index (χ1n) is 12.7. The number of thioether (sulfide) groups is 1. The van der Waals surface area contributed by atoms with Crippen LogP contribution >= 0.6 is 43.2 Å². The summed E-state index contributed by atoms with van der Waals surface area (Å²) in [5, 5.41) is 9.89. The molecule has 0 radical (unpaired) electrons. The fourth-order valence-corrected chi connectivity index (χ4v) is 7.81. The van der Waals surface area contributed by atoms with Crippen LogP contribution in [-0.4, -0.2) is 93.7 Å². The van der Waals surface area contributed by atoms with Crippen LogP contribution in [0.2, 0.25) is 0 Å². The van der Waals surface area contributed by atoms with Gasteiger partial charge in [0, 0.05) is 15.4 Å². The van der Waals surface area contributed by atoms with Crippen LogP contribution in [0.15, 0.2) is 28.6 Å². The molecule has 0 spiro atoms. The zero-order chi connectivity index (χ0) is 30.2. The summed E-state index contributed by atoms with van der Waals surface area (Å²) in [6.07, 6.45) is -1.13. The van der Waals surface area contributed by atoms with Crippen LogP contribution in [0.1, 0.15) is 11.6 Å². The first-order chi connectivity index (χ1) is 20.8. The molecule has 2 aliphatic rings. The molecule has 0 aliphatic carbocycles. The Morgan fingerprint density at radius 2 is 1.88 bits per heavy atom. The van der Waals surface area contributed by atoms with Gasteiger partial charge in [0.15, 0.2) is 43.8 Å². The van der Waals surface area contributed by atoms with Gasteiger partial charge < -0.3 is 38.3 Å². The Labute approximate surface area is 254 Å². The van der Waals surface area contributed by atoms with Crippen molar-refractivity contribution < 1.29 is 32.0 Å². The lowest BCUT2D eigenvalue weighted by atomic mass is 10.0. The van der Waals surface area contributed by atoms with E-state index in [1.807, 2.05) is 0 Å². The van der Waals surface area contributed by atoms with Crippen LogP contribution < -0.4 is 16.9 Å². The largest absolute Gasteiger partial charge is 0.389 e. The molecule has 2 unspecified atom stereocenters. The fraction of sp³-hybridized carbons (Fsp3) is 0.524. The van der Waals surface area contributed by atoms with Crippen molar-refractivity contribution in [3.63, 3.8) is 0 Å². The normalized spacial score (nSPS) is 29.6. The van der Waals surface area contributed by atoms with E-state index in [-0.39, 0.29) is 48.1 Å². The number of hydrogen-bond donors (Lipinski definition) is 5. The van der Waals surface area contributed by atoms with Crippen molar-refractivity contribution in [2.45, 2.75) is 41.3 Å². The van der Waals surface area contributed by atoms with Crippen LogP contribution in [0.3, 0.4) is 0 Å². The average Bonchev–Trinajstić information content (AvgIpc) is 3.74. The summed E-state index contributed by atoms with van der Waals surface area (Å²) in [4.78, 5) is 45.5. The number of alkyl halides is 1. The average molecular weight is 678 g/mol. The molecule has 22 heteroatoms. The topological polar surface area (TPSA) is 220 Å². The molecule has 0 saturated carbocycles. The number of aliphatic hydroxyl groups is 1. The Bertz CT molecular complexity index is 1710. The molecule has 17 nitrogen and oxygen atoms in total. The Morgan fingerprint density at radius 3 is 2.65 bits per heavy atom. The molecule has 4 aromatic rings. The number of imidazole rings is 2. The van der Waals surface area contributed by atoms with Gasteiger partial charge in [-0.05, 0) is 12.9 Å². The SMILES string of the molecule is Nc1nc2c(ncn2[C@@H]2S[C@H](COPOC[C@H]3[C@H](F)[C@H](n4cnc5c(=O)[nH]cnc54)O[C@@H]3COP)[C@@H](O)[C@H]2OS)c(=O)[nH]1. The number of nitrogen functional groups attached to an aromatic ring is 1. The molecule has 0 amide bonds. The van der Waals surface area contributed by atoms with Crippen molar-refractivity contribution in [3.8, 4) is 0 Å². The number of ether oxygens (including phenoxy) is 1. The molecule has 6 heterocycles. The minimum atomic E-state index is -1.53. The van der Waals surface area contributed by atoms with Gasteiger partial charge in [-0.3, -0.25) is 23.7 Å². The second-order valence-electron chi connectivity index (χ2n) is 9.67. The number of thiol groups is 1. The quantitative estimate of drug-likeness (QED) is 0.0622. The van der Waals surface area contributed by atoms with E-state index < -0.39 is 67.4 Å². The van der Waals surface area contributed by atoms with E-state index in [2.05, 4.69) is 52.3 Å². The molecular formula is C21H26FN9O8P2S2. The number of aromatic amines is 2. The predicted octanol–water partition coefficient (Wildman–Crippen LogP) is 0.240.